The van der Waals surface area contributed by atoms with Crippen molar-refractivity contribution < 1.29 is 9.59 Å². The average molecular weight is 553 g/mol. The van der Waals surface area contributed by atoms with Gasteiger partial charge >= 0.3 is 11.7 Å². The number of carbonyl (C=O) groups excluding carboxylic acids is 2. The fourth-order valence-corrected chi connectivity index (χ4v) is 4.70. The third-order valence-corrected chi connectivity index (χ3v) is 7.33. The molecule has 3 heterocycles. The van der Waals surface area contributed by atoms with Gasteiger partial charge in [-0.1, -0.05) is 25.1 Å². The zero-order chi connectivity index (χ0) is 29.3. The summed E-state index contributed by atoms with van der Waals surface area (Å²) in [6, 6.07) is 9.35. The molecule has 2 fully saturated rings. The number of rotatable bonds is 7. The fourth-order valence-electron chi connectivity index (χ4n) is 4.70. The second-order valence-electron chi connectivity index (χ2n) is 10.6. The van der Waals surface area contributed by atoms with Crippen molar-refractivity contribution in [1.82, 2.24) is 24.3 Å². The van der Waals surface area contributed by atoms with E-state index in [1.54, 1.807) is 35.1 Å². The number of likely N-dealkylation sites (tertiary alicyclic amines) is 1. The largest absolute Gasteiger partial charge is 0.354 e. The van der Waals surface area contributed by atoms with Crippen molar-refractivity contribution in [3.63, 3.8) is 0 Å². The van der Waals surface area contributed by atoms with Gasteiger partial charge in [0.2, 0.25) is 5.91 Å². The van der Waals surface area contributed by atoms with E-state index in [9.17, 15) is 14.4 Å². The first-order valence-corrected chi connectivity index (χ1v) is 14.0. The molecule has 40 heavy (non-hydrogen) atoms. The van der Waals surface area contributed by atoms with Gasteiger partial charge in [0.15, 0.2) is 0 Å². The molecule has 2 unspecified atom stereocenters. The molecule has 2 saturated heterocycles. The molecule has 4 rings (SSSR count). The van der Waals surface area contributed by atoms with E-state index < -0.39 is 11.2 Å². The molecule has 0 bridgehead atoms. The molecule has 0 aliphatic carbocycles. The molecular weight excluding hydrogens is 508 g/mol. The number of carbonyl (C=O) groups is 2. The molecule has 218 valence electrons. The summed E-state index contributed by atoms with van der Waals surface area (Å²) >= 11 is 0. The number of hydrogen-bond acceptors (Lipinski definition) is 7. The first-order chi connectivity index (χ1) is 19.1. The second kappa shape index (κ2) is 14.2. The van der Waals surface area contributed by atoms with Gasteiger partial charge in [0, 0.05) is 51.5 Å². The van der Waals surface area contributed by atoms with Crippen LogP contribution in [0.5, 0.6) is 0 Å². The van der Waals surface area contributed by atoms with Crippen LogP contribution in [0.1, 0.15) is 39.2 Å². The van der Waals surface area contributed by atoms with Gasteiger partial charge in [-0.15, -0.1) is 6.58 Å². The number of allylic oxidation sites excluding steroid dienone is 1. The number of amides is 3. The average Bonchev–Trinajstić information content (AvgIpc) is 3.37. The standard InChI is InChI=1S/C26H38N8O3.C3H6/c1-3-26(2,28)23(35)32-13-15-33(16-14-32)24(36)29-22-9-12-34(25(37)30-22)21-6-4-5-19(17-21)7-10-31-11-8-20(27)18-31;1-3-2/h4-6,9,12,17,20H,3,7-8,10-11,13-16,18,27-28H2,1-2H3,(H,29,30,36,37);3H,1H2,2H3. The van der Waals surface area contributed by atoms with Gasteiger partial charge < -0.3 is 26.2 Å². The van der Waals surface area contributed by atoms with Crippen LogP contribution >= 0.6 is 0 Å². The van der Waals surface area contributed by atoms with E-state index in [-0.39, 0.29) is 23.8 Å². The lowest BCUT2D eigenvalue weighted by molar-refractivity contribution is -0.137. The molecule has 1 aromatic heterocycles. The number of hydrogen-bond donors (Lipinski definition) is 3. The molecule has 0 saturated carbocycles. The van der Waals surface area contributed by atoms with Gasteiger partial charge in [-0.3, -0.25) is 14.7 Å². The van der Waals surface area contributed by atoms with Crippen LogP contribution in [0.2, 0.25) is 0 Å². The molecule has 3 amide bonds. The molecule has 0 radical (unpaired) electrons. The minimum atomic E-state index is -0.903. The predicted molar refractivity (Wildman–Crippen MR) is 158 cm³/mol. The molecule has 11 heteroatoms. The zero-order valence-electron chi connectivity index (χ0n) is 24.0. The number of nitrogens with two attached hydrogens (primary N) is 2. The Bertz CT molecular complexity index is 1220. The summed E-state index contributed by atoms with van der Waals surface area (Å²) in [5.41, 5.74) is 12.6. The lowest BCUT2D eigenvalue weighted by atomic mass is 9.98. The summed E-state index contributed by atoms with van der Waals surface area (Å²) in [6.45, 7) is 13.3. The monoisotopic (exact) mass is 552 g/mol. The quantitative estimate of drug-likeness (QED) is 0.445. The lowest BCUT2D eigenvalue weighted by Crippen LogP contribution is -2.59. The maximum atomic E-state index is 12.8. The topological polar surface area (TPSA) is 143 Å². The van der Waals surface area contributed by atoms with Crippen molar-refractivity contribution in [2.45, 2.75) is 51.6 Å². The van der Waals surface area contributed by atoms with Crippen LogP contribution in [0.15, 0.2) is 54.0 Å². The van der Waals surface area contributed by atoms with Crippen molar-refractivity contribution in [1.29, 1.82) is 0 Å². The van der Waals surface area contributed by atoms with Crippen LogP contribution in [0.4, 0.5) is 10.6 Å². The van der Waals surface area contributed by atoms with E-state index in [2.05, 4.69) is 27.8 Å². The molecule has 2 aromatic rings. The lowest BCUT2D eigenvalue weighted by Gasteiger charge is -2.38. The van der Waals surface area contributed by atoms with Gasteiger partial charge in [0.25, 0.3) is 0 Å². The highest BCUT2D eigenvalue weighted by Crippen LogP contribution is 2.15. The van der Waals surface area contributed by atoms with Gasteiger partial charge in [-0.05, 0) is 63.4 Å². The second-order valence-corrected chi connectivity index (χ2v) is 10.6. The molecular formula is C29H44N8O3. The van der Waals surface area contributed by atoms with Crippen molar-refractivity contribution in [3.8, 4) is 5.69 Å². The molecule has 2 atom stereocenters. The number of nitrogens with one attached hydrogen (secondary N) is 1. The van der Waals surface area contributed by atoms with Crippen LogP contribution in [0.3, 0.4) is 0 Å². The molecule has 2 aliphatic rings. The number of urea groups is 1. The predicted octanol–water partition coefficient (Wildman–Crippen LogP) is 1.80. The molecule has 0 spiro atoms. The third-order valence-electron chi connectivity index (χ3n) is 7.33. The maximum Gasteiger partial charge on any atom is 0.354 e. The fraction of sp³-hybridized carbons (Fsp3) is 0.517. The van der Waals surface area contributed by atoms with E-state index in [0.29, 0.717) is 32.6 Å². The normalized spacial score (nSPS) is 18.9. The molecule has 11 nitrogen and oxygen atoms in total. The van der Waals surface area contributed by atoms with Crippen LogP contribution in [-0.4, -0.2) is 93.6 Å². The molecule has 1 aromatic carbocycles. The van der Waals surface area contributed by atoms with Crippen LogP contribution in [0, 0.1) is 0 Å². The van der Waals surface area contributed by atoms with E-state index in [1.165, 1.54) is 4.57 Å². The Morgan fingerprint density at radius 1 is 1.18 bits per heavy atom. The minimum Gasteiger partial charge on any atom is -0.338 e. The van der Waals surface area contributed by atoms with Gasteiger partial charge in [-0.2, -0.15) is 4.98 Å². The van der Waals surface area contributed by atoms with E-state index in [4.69, 9.17) is 11.5 Å². The van der Waals surface area contributed by atoms with Crippen molar-refractivity contribution in [3.05, 3.63) is 65.2 Å². The third kappa shape index (κ3) is 8.23. The summed E-state index contributed by atoms with van der Waals surface area (Å²) < 4.78 is 1.47. The number of anilines is 1. The Kier molecular flexibility index (Phi) is 11.0. The highest BCUT2D eigenvalue weighted by atomic mass is 16.2. The highest BCUT2D eigenvalue weighted by molar-refractivity contribution is 5.89. The summed E-state index contributed by atoms with van der Waals surface area (Å²) in [7, 11) is 0. The summed E-state index contributed by atoms with van der Waals surface area (Å²) in [6.07, 6.45) is 5.82. The minimum absolute atomic E-state index is 0.107. The Hall–Kier alpha value is -3.54. The Labute approximate surface area is 236 Å². The van der Waals surface area contributed by atoms with E-state index in [1.807, 2.05) is 32.0 Å². The van der Waals surface area contributed by atoms with Gasteiger partial charge in [0.05, 0.1) is 11.2 Å². The Balaban J connectivity index is 0.00000141. The van der Waals surface area contributed by atoms with Crippen molar-refractivity contribution in [2.75, 3.05) is 51.1 Å². The van der Waals surface area contributed by atoms with E-state index >= 15 is 0 Å². The molecule has 5 N–H and O–H groups in total. The summed E-state index contributed by atoms with van der Waals surface area (Å²) in [5, 5.41) is 2.70. The van der Waals surface area contributed by atoms with E-state index in [0.717, 1.165) is 43.7 Å². The smallest absolute Gasteiger partial charge is 0.338 e. The Morgan fingerprint density at radius 2 is 1.85 bits per heavy atom. The summed E-state index contributed by atoms with van der Waals surface area (Å²) in [4.78, 5) is 47.8. The van der Waals surface area contributed by atoms with Gasteiger partial charge in [0.1, 0.15) is 5.82 Å². The van der Waals surface area contributed by atoms with Gasteiger partial charge in [-0.25, -0.2) is 9.59 Å². The number of aromatic nitrogens is 2. The highest BCUT2D eigenvalue weighted by Gasteiger charge is 2.33. The van der Waals surface area contributed by atoms with Crippen LogP contribution in [-0.2, 0) is 11.2 Å². The first-order valence-electron chi connectivity index (χ1n) is 14.0. The number of piperazine rings is 1. The SMILES string of the molecule is C=CC.CCC(C)(N)C(=O)N1CCN(C(=O)Nc2ccn(-c3cccc(CCN4CCC(N)C4)c3)c(=O)n2)CC1. The van der Waals surface area contributed by atoms with Crippen LogP contribution in [0.25, 0.3) is 5.69 Å². The summed E-state index contributed by atoms with van der Waals surface area (Å²) in [5.74, 6) is 0.0800. The first kappa shape index (κ1) is 31.0. The number of benzene rings is 1. The maximum absolute atomic E-state index is 12.8. The number of nitrogens with zero attached hydrogens (tertiary/aromatic N) is 5. The van der Waals surface area contributed by atoms with Crippen LogP contribution < -0.4 is 22.5 Å². The molecule has 2 aliphatic heterocycles. The zero-order valence-corrected chi connectivity index (χ0v) is 24.0. The van der Waals surface area contributed by atoms with Crippen molar-refractivity contribution in [2.24, 2.45) is 11.5 Å². The Morgan fingerprint density at radius 3 is 2.45 bits per heavy atom. The van der Waals surface area contributed by atoms with Crippen molar-refractivity contribution >= 4 is 17.8 Å².